The average molecular weight is 475 g/mol. The summed E-state index contributed by atoms with van der Waals surface area (Å²) < 4.78 is 7.08. The van der Waals surface area contributed by atoms with Gasteiger partial charge in [0.1, 0.15) is 5.75 Å². The molecule has 3 aromatic rings. The third-order valence-electron chi connectivity index (χ3n) is 4.66. The number of nitrogens with one attached hydrogen (secondary N) is 2. The van der Waals surface area contributed by atoms with Gasteiger partial charge in [0.05, 0.1) is 18.9 Å². The molecule has 0 fully saturated rings. The number of thiazole rings is 1. The Hall–Kier alpha value is -2.92. The minimum absolute atomic E-state index is 0.0812. The van der Waals surface area contributed by atoms with Crippen molar-refractivity contribution in [3.8, 4) is 5.75 Å². The van der Waals surface area contributed by atoms with Gasteiger partial charge in [-0.25, -0.2) is 4.98 Å². The number of aromatic nitrogens is 4. The monoisotopic (exact) mass is 474 g/mol. The molecule has 2 amide bonds. The summed E-state index contributed by atoms with van der Waals surface area (Å²) in [6, 6.07) is 6.60. The van der Waals surface area contributed by atoms with Crippen molar-refractivity contribution in [1.29, 1.82) is 0 Å². The number of nitrogens with zero attached hydrogens (tertiary/aromatic N) is 4. The molecule has 32 heavy (non-hydrogen) atoms. The molecule has 0 saturated heterocycles. The zero-order chi connectivity index (χ0) is 23.1. The van der Waals surface area contributed by atoms with E-state index < -0.39 is 0 Å². The predicted molar refractivity (Wildman–Crippen MR) is 125 cm³/mol. The van der Waals surface area contributed by atoms with Crippen LogP contribution in [0.25, 0.3) is 0 Å². The van der Waals surface area contributed by atoms with Crippen LogP contribution in [0.2, 0.25) is 0 Å². The SMILES string of the molecule is CCn1c(SCC(=O)Nc2nccs2)nnc1[C@@H](NC(=O)c1ccc(OC)cc1)C(C)C. The summed E-state index contributed by atoms with van der Waals surface area (Å²) in [6.07, 6.45) is 1.64. The van der Waals surface area contributed by atoms with Crippen molar-refractivity contribution in [2.75, 3.05) is 18.2 Å². The van der Waals surface area contributed by atoms with E-state index in [1.54, 1.807) is 43.0 Å². The summed E-state index contributed by atoms with van der Waals surface area (Å²) in [6.45, 7) is 6.62. The van der Waals surface area contributed by atoms with E-state index in [4.69, 9.17) is 4.74 Å². The number of carbonyl (C=O) groups is 2. The van der Waals surface area contributed by atoms with Gasteiger partial charge in [-0.2, -0.15) is 0 Å². The van der Waals surface area contributed by atoms with Gasteiger partial charge in [0.25, 0.3) is 5.91 Å². The van der Waals surface area contributed by atoms with Gasteiger partial charge in [-0.05, 0) is 37.1 Å². The molecule has 0 radical (unpaired) electrons. The number of carbonyl (C=O) groups excluding carboxylic acids is 2. The van der Waals surface area contributed by atoms with Crippen molar-refractivity contribution in [3.63, 3.8) is 0 Å². The summed E-state index contributed by atoms with van der Waals surface area (Å²) in [5, 5.41) is 17.4. The van der Waals surface area contributed by atoms with Crippen molar-refractivity contribution in [3.05, 3.63) is 47.2 Å². The van der Waals surface area contributed by atoms with Gasteiger partial charge in [0.15, 0.2) is 16.1 Å². The Morgan fingerprint density at radius 1 is 1.22 bits per heavy atom. The Morgan fingerprint density at radius 3 is 2.56 bits per heavy atom. The van der Waals surface area contributed by atoms with E-state index in [0.717, 1.165) is 0 Å². The van der Waals surface area contributed by atoms with E-state index in [1.807, 2.05) is 25.3 Å². The molecule has 2 N–H and O–H groups in total. The number of thioether (sulfide) groups is 1. The quantitative estimate of drug-likeness (QED) is 0.432. The number of hydrogen-bond donors (Lipinski definition) is 2. The van der Waals surface area contributed by atoms with Crippen LogP contribution >= 0.6 is 23.1 Å². The second-order valence-electron chi connectivity index (χ2n) is 7.18. The van der Waals surface area contributed by atoms with Gasteiger partial charge < -0.3 is 19.9 Å². The molecular formula is C21H26N6O3S2. The number of amides is 2. The summed E-state index contributed by atoms with van der Waals surface area (Å²) >= 11 is 2.66. The molecule has 11 heteroatoms. The van der Waals surface area contributed by atoms with E-state index >= 15 is 0 Å². The van der Waals surface area contributed by atoms with Gasteiger partial charge >= 0.3 is 0 Å². The first-order chi connectivity index (χ1) is 15.4. The molecule has 2 heterocycles. The standard InChI is InChI=1S/C21H26N6O3S2/c1-5-27-18(25-26-21(27)32-12-16(28)23-20-22-10-11-31-20)17(13(2)3)24-19(29)14-6-8-15(30-4)9-7-14/h6-11,13,17H,5,12H2,1-4H3,(H,24,29)(H,22,23,28)/t17-/m0/s1. The molecule has 3 rings (SSSR count). The number of methoxy groups -OCH3 is 1. The largest absolute Gasteiger partial charge is 0.497 e. The third-order valence-corrected chi connectivity index (χ3v) is 6.31. The molecule has 0 unspecified atom stereocenters. The Labute approximate surface area is 195 Å². The predicted octanol–water partition coefficient (Wildman–Crippen LogP) is 3.62. The third kappa shape index (κ3) is 5.86. The molecule has 0 aliphatic carbocycles. The minimum Gasteiger partial charge on any atom is -0.497 e. The Kier molecular flexibility index (Phi) is 8.23. The van der Waals surface area contributed by atoms with Crippen LogP contribution in [0.3, 0.4) is 0 Å². The van der Waals surface area contributed by atoms with Crippen LogP contribution in [0.15, 0.2) is 41.0 Å². The van der Waals surface area contributed by atoms with E-state index in [-0.39, 0.29) is 29.5 Å². The van der Waals surface area contributed by atoms with Gasteiger partial charge in [-0.15, -0.1) is 21.5 Å². The first-order valence-electron chi connectivity index (χ1n) is 10.1. The van der Waals surface area contributed by atoms with Crippen molar-refractivity contribution >= 4 is 40.0 Å². The molecule has 0 spiro atoms. The van der Waals surface area contributed by atoms with E-state index in [0.29, 0.717) is 34.0 Å². The molecule has 0 bridgehead atoms. The van der Waals surface area contributed by atoms with Crippen LogP contribution < -0.4 is 15.4 Å². The number of ether oxygens (including phenoxy) is 1. The molecule has 0 aliphatic rings. The van der Waals surface area contributed by atoms with E-state index in [1.165, 1.54) is 23.1 Å². The number of hydrogen-bond acceptors (Lipinski definition) is 8. The molecule has 0 saturated carbocycles. The van der Waals surface area contributed by atoms with E-state index in [9.17, 15) is 9.59 Å². The summed E-state index contributed by atoms with van der Waals surface area (Å²) in [7, 11) is 1.58. The highest BCUT2D eigenvalue weighted by Crippen LogP contribution is 2.26. The molecule has 9 nitrogen and oxygen atoms in total. The highest BCUT2D eigenvalue weighted by molar-refractivity contribution is 7.99. The molecule has 170 valence electrons. The fourth-order valence-electron chi connectivity index (χ4n) is 3.00. The normalized spacial score (nSPS) is 11.9. The Bertz CT molecular complexity index is 1030. The van der Waals surface area contributed by atoms with Crippen molar-refractivity contribution in [2.45, 2.75) is 38.5 Å². The molecule has 2 aromatic heterocycles. The van der Waals surface area contributed by atoms with Crippen LogP contribution in [0.4, 0.5) is 5.13 Å². The maximum absolute atomic E-state index is 12.8. The topological polar surface area (TPSA) is 111 Å². The first-order valence-corrected chi connectivity index (χ1v) is 12.0. The lowest BCUT2D eigenvalue weighted by Crippen LogP contribution is -2.33. The Balaban J connectivity index is 1.71. The second kappa shape index (κ2) is 11.1. The number of benzene rings is 1. The molecular weight excluding hydrogens is 448 g/mol. The van der Waals surface area contributed by atoms with Crippen LogP contribution in [-0.4, -0.2) is 44.4 Å². The lowest BCUT2D eigenvalue weighted by atomic mass is 10.0. The zero-order valence-corrected chi connectivity index (χ0v) is 20.0. The van der Waals surface area contributed by atoms with Crippen LogP contribution in [0.5, 0.6) is 5.75 Å². The fourth-order valence-corrected chi connectivity index (χ4v) is 4.36. The van der Waals surface area contributed by atoms with Crippen LogP contribution in [0, 0.1) is 5.92 Å². The fraction of sp³-hybridized carbons (Fsp3) is 0.381. The van der Waals surface area contributed by atoms with Gasteiger partial charge in [0.2, 0.25) is 5.91 Å². The highest BCUT2D eigenvalue weighted by atomic mass is 32.2. The van der Waals surface area contributed by atoms with Crippen LogP contribution in [-0.2, 0) is 11.3 Å². The Morgan fingerprint density at radius 2 is 1.97 bits per heavy atom. The second-order valence-corrected chi connectivity index (χ2v) is 9.02. The van der Waals surface area contributed by atoms with Crippen molar-refractivity contribution in [2.24, 2.45) is 5.92 Å². The molecule has 0 aliphatic heterocycles. The average Bonchev–Trinajstić information content (AvgIpc) is 3.45. The minimum atomic E-state index is -0.337. The molecule has 1 atom stereocenters. The van der Waals surface area contributed by atoms with E-state index in [2.05, 4.69) is 25.8 Å². The van der Waals surface area contributed by atoms with Gasteiger partial charge in [-0.3, -0.25) is 9.59 Å². The summed E-state index contributed by atoms with van der Waals surface area (Å²) in [4.78, 5) is 29.1. The van der Waals surface area contributed by atoms with Gasteiger partial charge in [-0.1, -0.05) is 25.6 Å². The van der Waals surface area contributed by atoms with Crippen molar-refractivity contribution in [1.82, 2.24) is 25.1 Å². The smallest absolute Gasteiger partial charge is 0.251 e. The number of anilines is 1. The lowest BCUT2D eigenvalue weighted by molar-refractivity contribution is -0.113. The lowest BCUT2D eigenvalue weighted by Gasteiger charge is -2.22. The first kappa shape index (κ1) is 23.7. The highest BCUT2D eigenvalue weighted by Gasteiger charge is 2.26. The maximum atomic E-state index is 12.8. The van der Waals surface area contributed by atoms with Crippen molar-refractivity contribution < 1.29 is 14.3 Å². The number of rotatable bonds is 10. The molecule has 1 aromatic carbocycles. The summed E-state index contributed by atoms with van der Waals surface area (Å²) in [5.74, 6) is 1.25. The zero-order valence-electron chi connectivity index (χ0n) is 18.4. The van der Waals surface area contributed by atoms with Crippen LogP contribution in [0.1, 0.15) is 43.0 Å². The summed E-state index contributed by atoms with van der Waals surface area (Å²) in [5.41, 5.74) is 0.535. The van der Waals surface area contributed by atoms with Gasteiger partial charge in [0, 0.05) is 23.7 Å². The maximum Gasteiger partial charge on any atom is 0.251 e.